The second kappa shape index (κ2) is 2.36. The van der Waals surface area contributed by atoms with Crippen LogP contribution in [0.3, 0.4) is 0 Å². The number of nitrogens with zero attached hydrogens (tertiary/aromatic N) is 1. The highest BCUT2D eigenvalue weighted by Crippen LogP contribution is 2.29. The van der Waals surface area contributed by atoms with Crippen LogP contribution >= 0.6 is 22.9 Å². The highest BCUT2D eigenvalue weighted by Gasteiger charge is 2.03. The third kappa shape index (κ3) is 0.968. The van der Waals surface area contributed by atoms with Gasteiger partial charge in [0.25, 0.3) is 0 Å². The molecule has 1 heterocycles. The number of benzene rings is 1. The Hall–Kier alpha value is -0.800. The quantitative estimate of drug-likeness (QED) is 0.639. The van der Waals surface area contributed by atoms with Crippen LogP contribution < -0.4 is 5.73 Å². The van der Waals surface area contributed by atoms with Gasteiger partial charge in [-0.3, -0.25) is 0 Å². The second-order valence-electron chi connectivity index (χ2n) is 2.17. The van der Waals surface area contributed by atoms with E-state index in [1.165, 1.54) is 11.3 Å². The molecule has 0 spiro atoms. The minimum atomic E-state index is 0.662. The Bertz CT molecular complexity index is 360. The maximum absolute atomic E-state index is 5.86. The monoisotopic (exact) mass is 184 g/mol. The van der Waals surface area contributed by atoms with Gasteiger partial charge in [-0.05, 0) is 12.1 Å². The van der Waals surface area contributed by atoms with Gasteiger partial charge < -0.3 is 5.73 Å². The number of hydrogen-bond acceptors (Lipinski definition) is 3. The van der Waals surface area contributed by atoms with Crippen molar-refractivity contribution < 1.29 is 0 Å². The molecule has 2 N–H and O–H groups in total. The molecule has 0 saturated heterocycles. The number of nitrogens with two attached hydrogens (primary N) is 1. The second-order valence-corrected chi connectivity index (χ2v) is 3.43. The molecule has 0 amide bonds. The normalized spacial score (nSPS) is 10.6. The third-order valence-corrected chi connectivity index (χ3v) is 2.65. The maximum atomic E-state index is 5.86. The molecule has 2 nitrogen and oxygen atoms in total. The number of fused-ring (bicyclic) bond motifs is 1. The van der Waals surface area contributed by atoms with E-state index in [-0.39, 0.29) is 0 Å². The first-order valence-electron chi connectivity index (χ1n) is 3.06. The minimum Gasteiger partial charge on any atom is -0.398 e. The van der Waals surface area contributed by atoms with Crippen LogP contribution in [0, 0.1) is 0 Å². The maximum Gasteiger partial charge on any atom is 0.102 e. The zero-order valence-electron chi connectivity index (χ0n) is 5.54. The number of anilines is 1. The van der Waals surface area contributed by atoms with Crippen molar-refractivity contribution in [2.45, 2.75) is 0 Å². The van der Waals surface area contributed by atoms with Crippen LogP contribution in [0.4, 0.5) is 5.69 Å². The molecule has 0 unspecified atom stereocenters. The highest BCUT2D eigenvalue weighted by molar-refractivity contribution is 7.17. The van der Waals surface area contributed by atoms with E-state index in [0.717, 1.165) is 15.9 Å². The molecule has 0 bridgehead atoms. The van der Waals surface area contributed by atoms with Gasteiger partial charge in [0.2, 0.25) is 0 Å². The summed E-state index contributed by atoms with van der Waals surface area (Å²) in [5.41, 5.74) is 8.97. The van der Waals surface area contributed by atoms with Gasteiger partial charge in [-0.25, -0.2) is 4.98 Å². The van der Waals surface area contributed by atoms with E-state index in [2.05, 4.69) is 4.98 Å². The summed E-state index contributed by atoms with van der Waals surface area (Å²) in [7, 11) is 0. The molecule has 0 atom stereocenters. The topological polar surface area (TPSA) is 38.9 Å². The summed E-state index contributed by atoms with van der Waals surface area (Å²) in [5.74, 6) is 0. The van der Waals surface area contributed by atoms with Crippen molar-refractivity contribution in [3.8, 4) is 0 Å². The average Bonchev–Trinajstić information content (AvgIpc) is 2.45. The van der Waals surface area contributed by atoms with Crippen LogP contribution in [0.1, 0.15) is 0 Å². The van der Waals surface area contributed by atoms with Crippen LogP contribution in [0.5, 0.6) is 0 Å². The van der Waals surface area contributed by atoms with Gasteiger partial charge in [0.05, 0.1) is 20.9 Å². The summed E-state index contributed by atoms with van der Waals surface area (Å²) >= 11 is 7.37. The number of hydrogen-bond donors (Lipinski definition) is 1. The van der Waals surface area contributed by atoms with E-state index >= 15 is 0 Å². The van der Waals surface area contributed by atoms with E-state index in [1.54, 1.807) is 17.6 Å². The summed E-state index contributed by atoms with van der Waals surface area (Å²) in [6, 6.07) is 3.56. The number of nitrogen functional groups attached to an aromatic ring is 1. The minimum absolute atomic E-state index is 0.662. The SMILES string of the molecule is Nc1ccc(Cl)c2ncsc12. The molecule has 11 heavy (non-hydrogen) atoms. The van der Waals surface area contributed by atoms with Crippen molar-refractivity contribution in [3.05, 3.63) is 22.7 Å². The van der Waals surface area contributed by atoms with E-state index in [9.17, 15) is 0 Å². The Labute approximate surface area is 72.6 Å². The van der Waals surface area contributed by atoms with Gasteiger partial charge in [-0.1, -0.05) is 11.6 Å². The van der Waals surface area contributed by atoms with Crippen molar-refractivity contribution in [1.29, 1.82) is 0 Å². The molecule has 0 aliphatic heterocycles. The van der Waals surface area contributed by atoms with E-state index in [0.29, 0.717) is 5.02 Å². The average molecular weight is 185 g/mol. The standard InChI is InChI=1S/C7H5ClN2S/c8-4-1-2-5(9)7-6(4)10-3-11-7/h1-3H,9H2. The lowest BCUT2D eigenvalue weighted by Gasteiger charge is -1.94. The fourth-order valence-electron chi connectivity index (χ4n) is 0.939. The number of rotatable bonds is 0. The zero-order chi connectivity index (χ0) is 7.84. The van der Waals surface area contributed by atoms with Crippen molar-refractivity contribution in [1.82, 2.24) is 4.98 Å². The molecule has 0 aliphatic carbocycles. The molecule has 2 rings (SSSR count). The van der Waals surface area contributed by atoms with Gasteiger partial charge >= 0.3 is 0 Å². The van der Waals surface area contributed by atoms with Crippen LogP contribution in [0.25, 0.3) is 10.2 Å². The molecule has 1 aromatic carbocycles. The Morgan fingerprint density at radius 2 is 2.27 bits per heavy atom. The first kappa shape index (κ1) is 6.88. The Kier molecular flexibility index (Phi) is 1.47. The summed E-state index contributed by atoms with van der Waals surface area (Å²) in [6.45, 7) is 0. The van der Waals surface area contributed by atoms with Gasteiger partial charge in [0, 0.05) is 0 Å². The first-order valence-corrected chi connectivity index (χ1v) is 4.32. The molecule has 0 aliphatic rings. The predicted octanol–water partition coefficient (Wildman–Crippen LogP) is 2.53. The fraction of sp³-hybridized carbons (Fsp3) is 0. The zero-order valence-corrected chi connectivity index (χ0v) is 7.12. The molecule has 4 heteroatoms. The molecule has 0 saturated carbocycles. The Morgan fingerprint density at radius 3 is 3.00 bits per heavy atom. The number of aromatic nitrogens is 1. The van der Waals surface area contributed by atoms with Crippen molar-refractivity contribution in [3.63, 3.8) is 0 Å². The van der Waals surface area contributed by atoms with E-state index < -0.39 is 0 Å². The van der Waals surface area contributed by atoms with Gasteiger partial charge in [0.1, 0.15) is 5.52 Å². The summed E-state index contributed by atoms with van der Waals surface area (Å²) in [4.78, 5) is 4.09. The predicted molar refractivity (Wildman–Crippen MR) is 49.0 cm³/mol. The summed E-state index contributed by atoms with van der Waals surface area (Å²) in [5, 5.41) is 0.662. The summed E-state index contributed by atoms with van der Waals surface area (Å²) < 4.78 is 0.970. The van der Waals surface area contributed by atoms with Crippen LogP contribution in [0.2, 0.25) is 5.02 Å². The van der Waals surface area contributed by atoms with Crippen molar-refractivity contribution in [2.24, 2.45) is 0 Å². The molecule has 56 valence electrons. The molecule has 1 aromatic heterocycles. The summed E-state index contributed by atoms with van der Waals surface area (Å²) in [6.07, 6.45) is 0. The molecular formula is C7H5ClN2S. The van der Waals surface area contributed by atoms with Gasteiger partial charge in [-0.2, -0.15) is 0 Å². The lowest BCUT2D eigenvalue weighted by Crippen LogP contribution is -1.83. The van der Waals surface area contributed by atoms with Crippen LogP contribution in [-0.2, 0) is 0 Å². The van der Waals surface area contributed by atoms with Gasteiger partial charge in [-0.15, -0.1) is 11.3 Å². The lowest BCUT2D eigenvalue weighted by molar-refractivity contribution is 1.50. The Morgan fingerprint density at radius 1 is 1.45 bits per heavy atom. The Balaban J connectivity index is 2.96. The smallest absolute Gasteiger partial charge is 0.102 e. The van der Waals surface area contributed by atoms with Crippen LogP contribution in [-0.4, -0.2) is 4.98 Å². The number of thiazole rings is 1. The molecular weight excluding hydrogens is 180 g/mol. The molecule has 0 radical (unpaired) electrons. The van der Waals surface area contributed by atoms with Gasteiger partial charge in [0.15, 0.2) is 0 Å². The molecule has 0 fully saturated rings. The lowest BCUT2D eigenvalue weighted by atomic mass is 10.3. The van der Waals surface area contributed by atoms with Crippen molar-refractivity contribution in [2.75, 3.05) is 5.73 Å². The van der Waals surface area contributed by atoms with E-state index in [4.69, 9.17) is 17.3 Å². The first-order chi connectivity index (χ1) is 5.29. The third-order valence-electron chi connectivity index (χ3n) is 1.47. The fourth-order valence-corrected chi connectivity index (χ4v) is 1.94. The molecule has 2 aromatic rings. The van der Waals surface area contributed by atoms with Crippen molar-refractivity contribution >= 4 is 38.8 Å². The highest BCUT2D eigenvalue weighted by atomic mass is 35.5. The largest absolute Gasteiger partial charge is 0.398 e. The number of halogens is 1. The van der Waals surface area contributed by atoms with Crippen LogP contribution in [0.15, 0.2) is 17.6 Å². The van der Waals surface area contributed by atoms with E-state index in [1.807, 2.05) is 0 Å².